The first-order valence-corrected chi connectivity index (χ1v) is 4.85. The number of hydrogen-bond acceptors (Lipinski definition) is 3. The zero-order valence-electron chi connectivity index (χ0n) is 8.28. The highest BCUT2D eigenvalue weighted by molar-refractivity contribution is 6.40. The molecule has 4 nitrogen and oxygen atoms in total. The second-order valence-corrected chi connectivity index (χ2v) is 3.77. The SMILES string of the molecule is Cc1c(C(=O)C(=O)O)oc2ccc(Cl)cc12. The number of Topliss-reactive ketones (excluding diaryl/α,β-unsaturated/α-hetero) is 1. The third kappa shape index (κ3) is 1.57. The van der Waals surface area contributed by atoms with Crippen LogP contribution in [0.3, 0.4) is 0 Å². The van der Waals surface area contributed by atoms with E-state index in [4.69, 9.17) is 21.1 Å². The summed E-state index contributed by atoms with van der Waals surface area (Å²) in [7, 11) is 0. The van der Waals surface area contributed by atoms with Crippen molar-refractivity contribution in [2.75, 3.05) is 0 Å². The van der Waals surface area contributed by atoms with Crippen LogP contribution in [-0.4, -0.2) is 16.9 Å². The largest absolute Gasteiger partial charge is 0.475 e. The summed E-state index contributed by atoms with van der Waals surface area (Å²) in [5.74, 6) is -2.73. The number of aliphatic carboxylic acids is 1. The molecule has 1 heterocycles. The van der Waals surface area contributed by atoms with E-state index in [1.54, 1.807) is 25.1 Å². The number of rotatable bonds is 2. The Morgan fingerprint density at radius 3 is 2.69 bits per heavy atom. The number of benzene rings is 1. The van der Waals surface area contributed by atoms with Crippen molar-refractivity contribution in [3.05, 3.63) is 34.5 Å². The molecule has 0 unspecified atom stereocenters. The molecule has 2 rings (SSSR count). The van der Waals surface area contributed by atoms with Crippen LogP contribution in [0.2, 0.25) is 5.02 Å². The lowest BCUT2D eigenvalue weighted by Crippen LogP contribution is -2.12. The van der Waals surface area contributed by atoms with E-state index in [-0.39, 0.29) is 5.76 Å². The molecular weight excluding hydrogens is 232 g/mol. The first kappa shape index (κ1) is 10.7. The summed E-state index contributed by atoms with van der Waals surface area (Å²) >= 11 is 5.80. The molecule has 0 bridgehead atoms. The maximum Gasteiger partial charge on any atom is 0.380 e. The Hall–Kier alpha value is -1.81. The Kier molecular flexibility index (Phi) is 2.44. The van der Waals surface area contributed by atoms with Gasteiger partial charge in [0.2, 0.25) is 0 Å². The second kappa shape index (κ2) is 3.64. The first-order valence-electron chi connectivity index (χ1n) is 4.47. The van der Waals surface area contributed by atoms with Crippen LogP contribution in [0.5, 0.6) is 0 Å². The molecule has 0 aliphatic heterocycles. The number of carbonyl (C=O) groups is 2. The Labute approximate surface area is 95.4 Å². The summed E-state index contributed by atoms with van der Waals surface area (Å²) in [6, 6.07) is 4.85. The molecule has 0 atom stereocenters. The summed E-state index contributed by atoms with van der Waals surface area (Å²) < 4.78 is 5.19. The van der Waals surface area contributed by atoms with Gasteiger partial charge in [0, 0.05) is 16.0 Å². The van der Waals surface area contributed by atoms with E-state index in [9.17, 15) is 9.59 Å². The minimum Gasteiger partial charge on any atom is -0.475 e. The fourth-order valence-electron chi connectivity index (χ4n) is 1.51. The van der Waals surface area contributed by atoms with Gasteiger partial charge in [-0.15, -0.1) is 0 Å². The highest BCUT2D eigenvalue weighted by Gasteiger charge is 2.23. The molecule has 5 heteroatoms. The summed E-state index contributed by atoms with van der Waals surface area (Å²) in [6.45, 7) is 1.62. The average Bonchev–Trinajstić information content (AvgIpc) is 2.55. The van der Waals surface area contributed by atoms with Crippen molar-refractivity contribution in [1.82, 2.24) is 0 Å². The zero-order chi connectivity index (χ0) is 11.9. The minimum absolute atomic E-state index is 0.148. The lowest BCUT2D eigenvalue weighted by atomic mass is 10.1. The van der Waals surface area contributed by atoms with Crippen molar-refractivity contribution in [1.29, 1.82) is 0 Å². The Bertz CT molecular complexity index is 597. The molecule has 1 aromatic carbocycles. The summed E-state index contributed by atoms with van der Waals surface area (Å²) in [6.07, 6.45) is 0. The summed E-state index contributed by atoms with van der Waals surface area (Å²) in [4.78, 5) is 21.9. The number of furan rings is 1. The van der Waals surface area contributed by atoms with Crippen molar-refractivity contribution >= 4 is 34.3 Å². The van der Waals surface area contributed by atoms with Gasteiger partial charge < -0.3 is 9.52 Å². The molecule has 0 aliphatic carbocycles. The average molecular weight is 239 g/mol. The summed E-state index contributed by atoms with van der Waals surface area (Å²) in [5.41, 5.74) is 0.941. The molecule has 0 saturated carbocycles. The quantitative estimate of drug-likeness (QED) is 0.645. The monoisotopic (exact) mass is 238 g/mol. The van der Waals surface area contributed by atoms with E-state index in [0.717, 1.165) is 0 Å². The molecule has 16 heavy (non-hydrogen) atoms. The number of aryl methyl sites for hydroxylation is 1. The van der Waals surface area contributed by atoms with Crippen LogP contribution >= 0.6 is 11.6 Å². The number of halogens is 1. The Balaban J connectivity index is 2.69. The molecule has 0 amide bonds. The molecule has 0 saturated heterocycles. The van der Waals surface area contributed by atoms with Gasteiger partial charge in [-0.1, -0.05) is 11.6 Å². The minimum atomic E-state index is -1.53. The molecule has 0 fully saturated rings. The molecule has 0 spiro atoms. The number of fused-ring (bicyclic) bond motifs is 1. The van der Waals surface area contributed by atoms with Crippen LogP contribution in [0.4, 0.5) is 0 Å². The normalized spacial score (nSPS) is 10.6. The van der Waals surface area contributed by atoms with Gasteiger partial charge in [-0.05, 0) is 25.1 Å². The number of carbonyl (C=O) groups excluding carboxylic acids is 1. The summed E-state index contributed by atoms with van der Waals surface area (Å²) in [5, 5.41) is 9.76. The molecule has 0 aliphatic rings. The van der Waals surface area contributed by atoms with Crippen LogP contribution in [-0.2, 0) is 4.79 Å². The predicted molar refractivity (Wildman–Crippen MR) is 57.9 cm³/mol. The maximum absolute atomic E-state index is 11.3. The van der Waals surface area contributed by atoms with Gasteiger partial charge in [-0.3, -0.25) is 4.79 Å². The molecule has 2 aromatic rings. The standard InChI is InChI=1S/C11H7ClO4/c1-5-7-4-6(12)2-3-8(7)16-10(5)9(13)11(14)15/h2-4H,1H3,(H,14,15). The predicted octanol–water partition coefficient (Wildman–Crippen LogP) is 2.66. The molecule has 1 aromatic heterocycles. The van der Waals surface area contributed by atoms with E-state index in [1.807, 2.05) is 0 Å². The van der Waals surface area contributed by atoms with Gasteiger partial charge >= 0.3 is 11.8 Å². The van der Waals surface area contributed by atoms with E-state index in [2.05, 4.69) is 0 Å². The number of carboxylic acids is 1. The van der Waals surface area contributed by atoms with Crippen molar-refractivity contribution in [2.45, 2.75) is 6.92 Å². The van der Waals surface area contributed by atoms with Gasteiger partial charge in [0.05, 0.1) is 0 Å². The Morgan fingerprint density at radius 2 is 2.06 bits per heavy atom. The fraction of sp³-hybridized carbons (Fsp3) is 0.0909. The van der Waals surface area contributed by atoms with Crippen molar-refractivity contribution in [3.63, 3.8) is 0 Å². The highest BCUT2D eigenvalue weighted by atomic mass is 35.5. The Morgan fingerprint density at radius 1 is 1.38 bits per heavy atom. The first-order chi connectivity index (χ1) is 7.50. The van der Waals surface area contributed by atoms with Crippen LogP contribution in [0.1, 0.15) is 16.1 Å². The highest BCUT2D eigenvalue weighted by Crippen LogP contribution is 2.28. The van der Waals surface area contributed by atoms with E-state index < -0.39 is 11.8 Å². The lowest BCUT2D eigenvalue weighted by Gasteiger charge is -1.91. The zero-order valence-corrected chi connectivity index (χ0v) is 9.04. The van der Waals surface area contributed by atoms with E-state index in [1.165, 1.54) is 0 Å². The third-order valence-corrected chi connectivity index (χ3v) is 2.53. The third-order valence-electron chi connectivity index (χ3n) is 2.30. The van der Waals surface area contributed by atoms with Crippen LogP contribution < -0.4 is 0 Å². The number of carboxylic acid groups (broad SMARTS) is 1. The van der Waals surface area contributed by atoms with Gasteiger partial charge in [-0.25, -0.2) is 4.79 Å². The van der Waals surface area contributed by atoms with Crippen LogP contribution in [0.25, 0.3) is 11.0 Å². The molecular formula is C11H7ClO4. The fourth-order valence-corrected chi connectivity index (χ4v) is 1.68. The van der Waals surface area contributed by atoms with Gasteiger partial charge in [-0.2, -0.15) is 0 Å². The maximum atomic E-state index is 11.3. The number of ketones is 1. The molecule has 1 N–H and O–H groups in total. The smallest absolute Gasteiger partial charge is 0.380 e. The van der Waals surface area contributed by atoms with Gasteiger partial charge in [0.1, 0.15) is 5.58 Å². The van der Waals surface area contributed by atoms with Crippen molar-refractivity contribution < 1.29 is 19.1 Å². The van der Waals surface area contributed by atoms with Crippen LogP contribution in [0, 0.1) is 6.92 Å². The topological polar surface area (TPSA) is 67.5 Å². The second-order valence-electron chi connectivity index (χ2n) is 3.33. The van der Waals surface area contributed by atoms with Crippen molar-refractivity contribution in [2.24, 2.45) is 0 Å². The van der Waals surface area contributed by atoms with E-state index in [0.29, 0.717) is 21.6 Å². The van der Waals surface area contributed by atoms with Crippen molar-refractivity contribution in [3.8, 4) is 0 Å². The molecule has 82 valence electrons. The van der Waals surface area contributed by atoms with E-state index >= 15 is 0 Å². The molecule has 0 radical (unpaired) electrons. The van der Waals surface area contributed by atoms with Crippen LogP contribution in [0.15, 0.2) is 22.6 Å². The lowest BCUT2D eigenvalue weighted by molar-refractivity contribution is -0.131. The van der Waals surface area contributed by atoms with Gasteiger partial charge in [0.15, 0.2) is 5.76 Å². The van der Waals surface area contributed by atoms with Gasteiger partial charge in [0.25, 0.3) is 0 Å². The number of hydrogen-bond donors (Lipinski definition) is 1.